The van der Waals surface area contributed by atoms with Crippen molar-refractivity contribution in [2.45, 2.75) is 19.4 Å². The predicted molar refractivity (Wildman–Crippen MR) is 46.8 cm³/mol. The van der Waals surface area contributed by atoms with Crippen molar-refractivity contribution in [2.75, 3.05) is 0 Å². The van der Waals surface area contributed by atoms with E-state index in [-0.39, 0.29) is 6.10 Å². The molecule has 0 bridgehead atoms. The van der Waals surface area contributed by atoms with E-state index in [0.29, 0.717) is 6.47 Å². The van der Waals surface area contributed by atoms with E-state index in [1.54, 1.807) is 0 Å². The topological polar surface area (TPSA) is 26.3 Å². The first kappa shape index (κ1) is 8.78. The minimum atomic E-state index is -0.0371. The van der Waals surface area contributed by atoms with Gasteiger partial charge in [0.15, 0.2) is 0 Å². The molecule has 0 aliphatic rings. The van der Waals surface area contributed by atoms with Gasteiger partial charge in [0.1, 0.15) is 6.10 Å². The Morgan fingerprint density at radius 2 is 2.08 bits per heavy atom. The van der Waals surface area contributed by atoms with Crippen LogP contribution in [0.25, 0.3) is 0 Å². The second-order valence-electron chi connectivity index (χ2n) is 2.73. The van der Waals surface area contributed by atoms with Crippen LogP contribution in [0, 0.1) is 0 Å². The Morgan fingerprint density at radius 1 is 1.42 bits per heavy atom. The predicted octanol–water partition coefficient (Wildman–Crippen LogP) is 1.79. The van der Waals surface area contributed by atoms with Crippen LogP contribution in [0.3, 0.4) is 0 Å². The molecule has 0 fully saturated rings. The van der Waals surface area contributed by atoms with Crippen molar-refractivity contribution < 1.29 is 9.53 Å². The van der Waals surface area contributed by atoms with E-state index in [1.807, 2.05) is 37.3 Å². The normalized spacial score (nSPS) is 12.1. The lowest BCUT2D eigenvalue weighted by molar-refractivity contribution is -0.132. The lowest BCUT2D eigenvalue weighted by atomic mass is 10.1. The highest BCUT2D eigenvalue weighted by Crippen LogP contribution is 2.04. The molecule has 0 saturated carbocycles. The fourth-order valence-corrected chi connectivity index (χ4v) is 1.09. The van der Waals surface area contributed by atoms with Crippen LogP contribution in [0.15, 0.2) is 30.3 Å². The summed E-state index contributed by atoms with van der Waals surface area (Å²) in [6.45, 7) is 2.37. The van der Waals surface area contributed by atoms with Crippen molar-refractivity contribution in [3.05, 3.63) is 35.9 Å². The van der Waals surface area contributed by atoms with Gasteiger partial charge in [0.05, 0.1) is 0 Å². The van der Waals surface area contributed by atoms with Gasteiger partial charge in [0, 0.05) is 6.42 Å². The third-order valence-corrected chi connectivity index (χ3v) is 1.65. The highest BCUT2D eigenvalue weighted by Gasteiger charge is 2.01. The smallest absolute Gasteiger partial charge is 0.293 e. The van der Waals surface area contributed by atoms with Crippen LogP contribution in [-0.4, -0.2) is 12.6 Å². The second-order valence-corrected chi connectivity index (χ2v) is 2.73. The van der Waals surface area contributed by atoms with Crippen molar-refractivity contribution in [3.8, 4) is 0 Å². The summed E-state index contributed by atoms with van der Waals surface area (Å²) in [7, 11) is 0. The molecule has 0 radical (unpaired) electrons. The molecule has 0 aromatic heterocycles. The lowest BCUT2D eigenvalue weighted by Crippen LogP contribution is -2.09. The third-order valence-electron chi connectivity index (χ3n) is 1.65. The van der Waals surface area contributed by atoms with E-state index < -0.39 is 0 Å². The van der Waals surface area contributed by atoms with Crippen LogP contribution in [0.2, 0.25) is 0 Å². The molecule has 0 unspecified atom stereocenters. The average molecular weight is 164 g/mol. The highest BCUT2D eigenvalue weighted by atomic mass is 16.5. The van der Waals surface area contributed by atoms with Gasteiger partial charge in [-0.3, -0.25) is 4.79 Å². The van der Waals surface area contributed by atoms with Crippen LogP contribution >= 0.6 is 0 Å². The van der Waals surface area contributed by atoms with Gasteiger partial charge in [-0.05, 0) is 12.5 Å². The summed E-state index contributed by atoms with van der Waals surface area (Å²) in [5.74, 6) is 0. The second kappa shape index (κ2) is 4.54. The van der Waals surface area contributed by atoms with Gasteiger partial charge in [-0.15, -0.1) is 0 Å². The molecule has 12 heavy (non-hydrogen) atoms. The Bertz CT molecular complexity index is 231. The fraction of sp³-hybridized carbons (Fsp3) is 0.300. The van der Waals surface area contributed by atoms with Crippen LogP contribution in [0.1, 0.15) is 12.5 Å². The molecule has 0 N–H and O–H groups in total. The number of carbonyl (C=O) groups excluding carboxylic acids is 1. The molecule has 2 heteroatoms. The Hall–Kier alpha value is -1.31. The maximum atomic E-state index is 9.98. The number of ether oxygens (including phenoxy) is 1. The zero-order chi connectivity index (χ0) is 8.81. The molecule has 0 aliphatic carbocycles. The van der Waals surface area contributed by atoms with Crippen LogP contribution in [0.4, 0.5) is 0 Å². The molecule has 0 amide bonds. The molecule has 0 spiro atoms. The first-order chi connectivity index (χ1) is 5.83. The van der Waals surface area contributed by atoms with Crippen molar-refractivity contribution in [3.63, 3.8) is 0 Å². The van der Waals surface area contributed by atoms with Crippen molar-refractivity contribution in [1.82, 2.24) is 0 Å². The van der Waals surface area contributed by atoms with E-state index in [2.05, 4.69) is 0 Å². The van der Waals surface area contributed by atoms with E-state index >= 15 is 0 Å². The standard InChI is InChI=1S/C10H12O2/c1-9(12-8-11)7-10-5-3-2-4-6-10/h2-6,8-9H,7H2,1H3/t9-/m1/s1. The lowest BCUT2D eigenvalue weighted by Gasteiger charge is -2.08. The molecule has 1 atom stereocenters. The Kier molecular flexibility index (Phi) is 3.33. The van der Waals surface area contributed by atoms with E-state index in [1.165, 1.54) is 5.56 Å². The van der Waals surface area contributed by atoms with Gasteiger partial charge in [-0.25, -0.2) is 0 Å². The Labute approximate surface area is 72.2 Å². The molecule has 1 aromatic carbocycles. The molecule has 1 aromatic rings. The van der Waals surface area contributed by atoms with Crippen molar-refractivity contribution in [2.24, 2.45) is 0 Å². The average Bonchev–Trinajstić information content (AvgIpc) is 2.06. The monoisotopic (exact) mass is 164 g/mol. The molecule has 2 nitrogen and oxygen atoms in total. The quantitative estimate of drug-likeness (QED) is 0.634. The van der Waals surface area contributed by atoms with Gasteiger partial charge in [-0.1, -0.05) is 30.3 Å². The van der Waals surface area contributed by atoms with Gasteiger partial charge >= 0.3 is 0 Å². The van der Waals surface area contributed by atoms with E-state index in [0.717, 1.165) is 6.42 Å². The zero-order valence-electron chi connectivity index (χ0n) is 7.07. The fourth-order valence-electron chi connectivity index (χ4n) is 1.09. The summed E-state index contributed by atoms with van der Waals surface area (Å²) in [6, 6.07) is 9.95. The molecule has 1 rings (SSSR count). The van der Waals surface area contributed by atoms with Crippen LogP contribution in [-0.2, 0) is 16.0 Å². The van der Waals surface area contributed by atoms with Crippen LogP contribution < -0.4 is 0 Å². The van der Waals surface area contributed by atoms with Crippen LogP contribution in [0.5, 0.6) is 0 Å². The molecular weight excluding hydrogens is 152 g/mol. The van der Waals surface area contributed by atoms with Gasteiger partial charge in [0.2, 0.25) is 0 Å². The summed E-state index contributed by atoms with van der Waals surface area (Å²) in [5, 5.41) is 0. The zero-order valence-corrected chi connectivity index (χ0v) is 7.07. The van der Waals surface area contributed by atoms with Gasteiger partial charge < -0.3 is 4.74 Å². The first-order valence-electron chi connectivity index (χ1n) is 3.96. The minimum absolute atomic E-state index is 0.0371. The Balaban J connectivity index is 2.46. The SMILES string of the molecule is C[C@H](Cc1ccccc1)OC=O. The summed E-state index contributed by atoms with van der Waals surface area (Å²) in [4.78, 5) is 9.98. The van der Waals surface area contributed by atoms with Gasteiger partial charge in [-0.2, -0.15) is 0 Å². The molecule has 0 saturated heterocycles. The first-order valence-corrected chi connectivity index (χ1v) is 3.96. The van der Waals surface area contributed by atoms with E-state index in [9.17, 15) is 4.79 Å². The summed E-state index contributed by atoms with van der Waals surface area (Å²) in [5.41, 5.74) is 1.19. The number of rotatable bonds is 4. The summed E-state index contributed by atoms with van der Waals surface area (Å²) >= 11 is 0. The van der Waals surface area contributed by atoms with E-state index in [4.69, 9.17) is 4.74 Å². The molecule has 64 valence electrons. The molecular formula is C10H12O2. The number of hydrogen-bond donors (Lipinski definition) is 0. The van der Waals surface area contributed by atoms with Gasteiger partial charge in [0.25, 0.3) is 6.47 Å². The third kappa shape index (κ3) is 2.74. The molecule has 0 heterocycles. The summed E-state index contributed by atoms with van der Waals surface area (Å²) < 4.78 is 4.77. The molecule has 0 aliphatic heterocycles. The minimum Gasteiger partial charge on any atom is -0.465 e. The Morgan fingerprint density at radius 3 is 2.67 bits per heavy atom. The number of carbonyl (C=O) groups is 1. The number of benzene rings is 1. The maximum absolute atomic E-state index is 9.98. The number of hydrogen-bond acceptors (Lipinski definition) is 2. The largest absolute Gasteiger partial charge is 0.465 e. The summed E-state index contributed by atoms with van der Waals surface area (Å²) in [6.07, 6.45) is 0.740. The van der Waals surface area contributed by atoms with Crippen molar-refractivity contribution in [1.29, 1.82) is 0 Å². The van der Waals surface area contributed by atoms with Crippen molar-refractivity contribution >= 4 is 6.47 Å². The maximum Gasteiger partial charge on any atom is 0.293 e. The highest BCUT2D eigenvalue weighted by molar-refractivity contribution is 5.37.